The van der Waals surface area contributed by atoms with Gasteiger partial charge in [0.15, 0.2) is 0 Å². The van der Waals surface area contributed by atoms with Gasteiger partial charge in [-0.25, -0.2) is 9.97 Å². The monoisotopic (exact) mass is 244 g/mol. The molecule has 2 rings (SSSR count). The molecular weight excluding hydrogens is 229 g/mol. The summed E-state index contributed by atoms with van der Waals surface area (Å²) in [5, 5.41) is 0. The zero-order valence-electron chi connectivity index (χ0n) is 10.0. The van der Waals surface area contributed by atoms with Gasteiger partial charge in [0.2, 0.25) is 5.82 Å². The molecule has 0 saturated heterocycles. The Kier molecular flexibility index (Phi) is 2.67. The van der Waals surface area contributed by atoms with Gasteiger partial charge in [0.1, 0.15) is 0 Å². The lowest BCUT2D eigenvalue weighted by molar-refractivity contribution is -0.145. The zero-order chi connectivity index (χ0) is 12.8. The number of alkyl halides is 3. The summed E-state index contributed by atoms with van der Waals surface area (Å²) in [4.78, 5) is 6.80. The van der Waals surface area contributed by atoms with Gasteiger partial charge in [0.05, 0.1) is 0 Å². The van der Waals surface area contributed by atoms with Crippen LogP contribution in [-0.2, 0) is 6.18 Å². The summed E-state index contributed by atoms with van der Waals surface area (Å²) < 4.78 is 36.9. The Morgan fingerprint density at radius 1 is 1.35 bits per heavy atom. The van der Waals surface area contributed by atoms with Crippen molar-refractivity contribution in [3.05, 3.63) is 23.8 Å². The summed E-state index contributed by atoms with van der Waals surface area (Å²) in [5.74, 6) is -0.262. The van der Waals surface area contributed by atoms with E-state index in [1.165, 1.54) is 12.4 Å². The van der Waals surface area contributed by atoms with Gasteiger partial charge in [0, 0.05) is 12.4 Å². The molecule has 1 aliphatic rings. The molecule has 0 spiro atoms. The molecule has 94 valence electrons. The van der Waals surface area contributed by atoms with Crippen LogP contribution in [-0.4, -0.2) is 9.97 Å². The smallest absolute Gasteiger partial charge is 0.233 e. The van der Waals surface area contributed by atoms with Crippen molar-refractivity contribution in [1.29, 1.82) is 0 Å². The van der Waals surface area contributed by atoms with Crippen molar-refractivity contribution in [2.45, 2.75) is 39.3 Å². The molecule has 1 heterocycles. The molecule has 0 N–H and O–H groups in total. The topological polar surface area (TPSA) is 25.8 Å². The second kappa shape index (κ2) is 3.68. The van der Waals surface area contributed by atoms with E-state index in [0.717, 1.165) is 12.0 Å². The van der Waals surface area contributed by atoms with Crippen molar-refractivity contribution in [2.75, 3.05) is 0 Å². The molecule has 0 amide bonds. The first-order valence-electron chi connectivity index (χ1n) is 5.64. The fourth-order valence-corrected chi connectivity index (χ4v) is 2.29. The Morgan fingerprint density at radius 2 is 1.82 bits per heavy atom. The van der Waals surface area contributed by atoms with Crippen molar-refractivity contribution in [1.82, 2.24) is 9.97 Å². The molecule has 3 unspecified atom stereocenters. The van der Waals surface area contributed by atoms with Crippen molar-refractivity contribution in [3.63, 3.8) is 0 Å². The van der Waals surface area contributed by atoms with Gasteiger partial charge in [0.25, 0.3) is 0 Å². The Hall–Kier alpha value is -1.13. The lowest BCUT2D eigenvalue weighted by Gasteiger charge is -2.20. The average molecular weight is 244 g/mol. The number of halogens is 3. The van der Waals surface area contributed by atoms with Gasteiger partial charge < -0.3 is 0 Å². The van der Waals surface area contributed by atoms with Crippen LogP contribution in [0.4, 0.5) is 13.2 Å². The summed E-state index contributed by atoms with van der Waals surface area (Å²) in [5.41, 5.74) is 0.966. The van der Waals surface area contributed by atoms with Crippen LogP contribution in [0.15, 0.2) is 12.4 Å². The van der Waals surface area contributed by atoms with Crippen molar-refractivity contribution in [3.8, 4) is 0 Å². The maximum Gasteiger partial charge on any atom is 0.451 e. The second-order valence-corrected chi connectivity index (χ2v) is 5.17. The average Bonchev–Trinajstić information content (AvgIpc) is 2.86. The molecule has 1 aromatic heterocycles. The Balaban J connectivity index is 2.19. The Morgan fingerprint density at radius 3 is 2.18 bits per heavy atom. The lowest BCUT2D eigenvalue weighted by atomic mass is 9.86. The molecule has 0 radical (unpaired) electrons. The van der Waals surface area contributed by atoms with Gasteiger partial charge in [-0.15, -0.1) is 0 Å². The number of hydrogen-bond acceptors (Lipinski definition) is 2. The number of hydrogen-bond donors (Lipinski definition) is 0. The predicted molar refractivity (Wildman–Crippen MR) is 57.3 cm³/mol. The Labute approximate surface area is 98.3 Å². The van der Waals surface area contributed by atoms with Crippen molar-refractivity contribution >= 4 is 0 Å². The van der Waals surface area contributed by atoms with E-state index >= 15 is 0 Å². The van der Waals surface area contributed by atoms with Gasteiger partial charge in [-0.05, 0) is 29.2 Å². The highest BCUT2D eigenvalue weighted by Gasteiger charge is 2.51. The van der Waals surface area contributed by atoms with Crippen LogP contribution in [0.5, 0.6) is 0 Å². The van der Waals surface area contributed by atoms with E-state index < -0.39 is 12.0 Å². The fourth-order valence-electron chi connectivity index (χ4n) is 2.29. The summed E-state index contributed by atoms with van der Waals surface area (Å²) in [7, 11) is 0. The minimum absolute atomic E-state index is 0.184. The number of rotatable bonds is 2. The molecule has 1 saturated carbocycles. The fraction of sp³-hybridized carbons (Fsp3) is 0.667. The minimum atomic E-state index is -4.46. The largest absolute Gasteiger partial charge is 0.451 e. The highest BCUT2D eigenvalue weighted by atomic mass is 19.4. The molecule has 1 fully saturated rings. The molecule has 0 aliphatic heterocycles. The van der Waals surface area contributed by atoms with Crippen LogP contribution in [0.25, 0.3) is 0 Å². The highest BCUT2D eigenvalue weighted by Crippen LogP contribution is 2.60. The van der Waals surface area contributed by atoms with E-state index in [2.05, 4.69) is 23.8 Å². The van der Waals surface area contributed by atoms with Crippen molar-refractivity contribution < 1.29 is 13.2 Å². The quantitative estimate of drug-likeness (QED) is 0.793. The molecule has 0 aromatic carbocycles. The molecule has 5 heteroatoms. The molecule has 1 aromatic rings. The summed E-state index contributed by atoms with van der Waals surface area (Å²) >= 11 is 0. The standard InChI is InChI=1S/C12H15F3N2/c1-7-4-11(7,3)8(2)9-5-16-10(17-6-9)12(13,14)15/h5-8H,4H2,1-3H3. The third-order valence-corrected chi connectivity index (χ3v) is 4.13. The van der Waals surface area contributed by atoms with Gasteiger partial charge in [-0.3, -0.25) is 0 Å². The molecule has 1 aliphatic carbocycles. The van der Waals surface area contributed by atoms with E-state index in [4.69, 9.17) is 0 Å². The summed E-state index contributed by atoms with van der Waals surface area (Å²) in [6.07, 6.45) is -0.749. The van der Waals surface area contributed by atoms with E-state index in [9.17, 15) is 13.2 Å². The molecule has 0 bridgehead atoms. The number of aromatic nitrogens is 2. The third kappa shape index (κ3) is 2.15. The van der Waals surface area contributed by atoms with E-state index in [1.54, 1.807) is 0 Å². The lowest BCUT2D eigenvalue weighted by Crippen LogP contribution is -2.14. The second-order valence-electron chi connectivity index (χ2n) is 5.17. The zero-order valence-corrected chi connectivity index (χ0v) is 10.0. The van der Waals surface area contributed by atoms with Crippen LogP contribution < -0.4 is 0 Å². The Bertz CT molecular complexity index is 413. The molecule has 17 heavy (non-hydrogen) atoms. The predicted octanol–water partition coefficient (Wildman–Crippen LogP) is 3.65. The van der Waals surface area contributed by atoms with Gasteiger partial charge in [-0.1, -0.05) is 20.8 Å². The van der Waals surface area contributed by atoms with Gasteiger partial charge in [-0.2, -0.15) is 13.2 Å². The van der Waals surface area contributed by atoms with Crippen LogP contribution in [0, 0.1) is 11.3 Å². The number of nitrogens with zero attached hydrogens (tertiary/aromatic N) is 2. The van der Waals surface area contributed by atoms with E-state index in [-0.39, 0.29) is 11.3 Å². The molecule has 2 nitrogen and oxygen atoms in total. The van der Waals surface area contributed by atoms with E-state index in [1.807, 2.05) is 6.92 Å². The molecular formula is C12H15F3N2. The first-order valence-corrected chi connectivity index (χ1v) is 5.64. The highest BCUT2D eigenvalue weighted by molar-refractivity contribution is 5.19. The van der Waals surface area contributed by atoms with Gasteiger partial charge >= 0.3 is 6.18 Å². The van der Waals surface area contributed by atoms with Crippen molar-refractivity contribution in [2.24, 2.45) is 11.3 Å². The van der Waals surface area contributed by atoms with Crippen LogP contribution in [0.2, 0.25) is 0 Å². The van der Waals surface area contributed by atoms with Crippen LogP contribution in [0.3, 0.4) is 0 Å². The van der Waals surface area contributed by atoms with Crippen LogP contribution in [0.1, 0.15) is 44.5 Å². The molecule has 3 atom stereocenters. The van der Waals surface area contributed by atoms with Crippen LogP contribution >= 0.6 is 0 Å². The summed E-state index contributed by atoms with van der Waals surface area (Å²) in [6.45, 7) is 6.33. The normalized spacial score (nSPS) is 30.1. The maximum atomic E-state index is 12.3. The minimum Gasteiger partial charge on any atom is -0.233 e. The maximum absolute atomic E-state index is 12.3. The SMILES string of the molecule is CC1CC1(C)C(C)c1cnc(C(F)(F)F)nc1. The summed E-state index contributed by atoms with van der Waals surface area (Å²) in [6, 6.07) is 0. The first kappa shape index (κ1) is 12.3. The third-order valence-electron chi connectivity index (χ3n) is 4.13. The van der Waals surface area contributed by atoms with E-state index in [0.29, 0.717) is 5.92 Å². The first-order chi connectivity index (χ1) is 7.75.